The number of rotatable bonds is 5. The average Bonchev–Trinajstić information content (AvgIpc) is 2.45. The number of carbonyl (C=O) groups is 2. The molecule has 0 spiro atoms. The molecule has 0 aromatic heterocycles. The lowest BCUT2D eigenvalue weighted by Gasteiger charge is -2.37. The first-order valence-corrected chi connectivity index (χ1v) is 8.40. The molecule has 0 N–H and O–H groups in total. The summed E-state index contributed by atoms with van der Waals surface area (Å²) in [6, 6.07) is 9.65. The molecule has 24 heavy (non-hydrogen) atoms. The Kier molecular flexibility index (Phi) is 5.76. The number of ether oxygens (including phenoxy) is 1. The highest BCUT2D eigenvalue weighted by Gasteiger charge is 2.34. The minimum Gasteiger partial charge on any atom is -0.462 e. The number of benzene rings is 1. The van der Waals surface area contributed by atoms with Crippen LogP contribution in [-0.4, -0.2) is 17.9 Å². The maximum atomic E-state index is 12.2. The second-order valence-corrected chi connectivity index (χ2v) is 7.20. The second-order valence-electron chi connectivity index (χ2n) is 7.20. The van der Waals surface area contributed by atoms with Crippen molar-refractivity contribution in [1.29, 1.82) is 0 Å². The van der Waals surface area contributed by atoms with E-state index in [1.807, 2.05) is 36.4 Å². The first kappa shape index (κ1) is 18.2. The van der Waals surface area contributed by atoms with Crippen LogP contribution in [0.4, 0.5) is 0 Å². The summed E-state index contributed by atoms with van der Waals surface area (Å²) in [6.07, 6.45) is 5.22. The molecule has 1 unspecified atom stereocenters. The zero-order valence-electron chi connectivity index (χ0n) is 15.0. The molecule has 128 valence electrons. The lowest BCUT2D eigenvalue weighted by atomic mass is 9.71. The van der Waals surface area contributed by atoms with E-state index in [4.69, 9.17) is 4.74 Å². The van der Waals surface area contributed by atoms with Gasteiger partial charge in [-0.2, -0.15) is 0 Å². The van der Waals surface area contributed by atoms with Gasteiger partial charge in [0.1, 0.15) is 6.10 Å². The third-order valence-corrected chi connectivity index (χ3v) is 4.43. The van der Waals surface area contributed by atoms with Gasteiger partial charge < -0.3 is 4.74 Å². The minimum absolute atomic E-state index is 0.0440. The van der Waals surface area contributed by atoms with Crippen LogP contribution in [0, 0.1) is 5.41 Å². The lowest BCUT2D eigenvalue weighted by Crippen LogP contribution is -2.32. The fourth-order valence-corrected chi connectivity index (χ4v) is 3.42. The van der Waals surface area contributed by atoms with Gasteiger partial charge in [0.15, 0.2) is 5.78 Å². The van der Waals surface area contributed by atoms with Gasteiger partial charge in [0, 0.05) is 6.42 Å². The molecule has 1 aromatic rings. The highest BCUT2D eigenvalue weighted by Crippen LogP contribution is 2.42. The highest BCUT2D eigenvalue weighted by atomic mass is 16.5. The van der Waals surface area contributed by atoms with Gasteiger partial charge in [-0.3, -0.25) is 9.59 Å². The summed E-state index contributed by atoms with van der Waals surface area (Å²) in [5, 5.41) is 0. The predicted molar refractivity (Wildman–Crippen MR) is 95.6 cm³/mol. The first-order chi connectivity index (χ1) is 11.3. The van der Waals surface area contributed by atoms with Crippen LogP contribution in [0.25, 0.3) is 0 Å². The Balaban J connectivity index is 2.04. The van der Waals surface area contributed by atoms with E-state index in [0.717, 1.165) is 18.4 Å². The van der Waals surface area contributed by atoms with Crippen LogP contribution in [0.15, 0.2) is 53.6 Å². The van der Waals surface area contributed by atoms with E-state index in [2.05, 4.69) is 20.8 Å². The number of allylic oxidation sites excluding steroid dienone is 3. The van der Waals surface area contributed by atoms with Gasteiger partial charge in [0.2, 0.25) is 0 Å². The first-order valence-electron chi connectivity index (χ1n) is 8.40. The standard InChI is InChI=1S/C21H26O3/c1-15-12-18(14-21(3,4)19(15)11-10-16(2)22)24-20(23)13-17-8-6-5-7-9-17/h5-11,18H,12-14H2,1-4H3. The zero-order chi connectivity index (χ0) is 17.7. The molecule has 2 rings (SSSR count). The zero-order valence-corrected chi connectivity index (χ0v) is 15.0. The Morgan fingerprint density at radius 3 is 2.50 bits per heavy atom. The third kappa shape index (κ3) is 4.92. The molecule has 0 aliphatic heterocycles. The van der Waals surface area contributed by atoms with Crippen molar-refractivity contribution < 1.29 is 14.3 Å². The van der Waals surface area contributed by atoms with Crippen molar-refractivity contribution in [2.75, 3.05) is 0 Å². The molecule has 0 heterocycles. The van der Waals surface area contributed by atoms with Crippen LogP contribution in [0.2, 0.25) is 0 Å². The van der Waals surface area contributed by atoms with Gasteiger partial charge >= 0.3 is 5.97 Å². The number of hydrogen-bond acceptors (Lipinski definition) is 3. The highest BCUT2D eigenvalue weighted by molar-refractivity contribution is 5.87. The molecule has 0 bridgehead atoms. The summed E-state index contributed by atoms with van der Waals surface area (Å²) in [5.74, 6) is -0.139. The molecular formula is C21H26O3. The molecule has 0 amide bonds. The van der Waals surface area contributed by atoms with Gasteiger partial charge in [-0.15, -0.1) is 0 Å². The Morgan fingerprint density at radius 2 is 1.92 bits per heavy atom. The molecule has 1 atom stereocenters. The van der Waals surface area contributed by atoms with Crippen molar-refractivity contribution >= 4 is 11.8 Å². The fraction of sp³-hybridized carbons (Fsp3) is 0.429. The SMILES string of the molecule is CC(=O)C=CC1=C(C)CC(OC(=O)Cc2ccccc2)CC1(C)C. The van der Waals surface area contributed by atoms with Crippen molar-refractivity contribution in [3.8, 4) is 0 Å². The van der Waals surface area contributed by atoms with Crippen LogP contribution in [0.3, 0.4) is 0 Å². The molecule has 1 aliphatic carbocycles. The molecular weight excluding hydrogens is 300 g/mol. The van der Waals surface area contributed by atoms with E-state index in [9.17, 15) is 9.59 Å². The Labute approximate surface area is 144 Å². The minimum atomic E-state index is -0.183. The topological polar surface area (TPSA) is 43.4 Å². The molecule has 0 radical (unpaired) electrons. The normalized spacial score (nSPS) is 20.2. The molecule has 0 saturated heterocycles. The summed E-state index contributed by atoms with van der Waals surface area (Å²) >= 11 is 0. The Morgan fingerprint density at radius 1 is 1.25 bits per heavy atom. The number of ketones is 1. The van der Waals surface area contributed by atoms with Crippen LogP contribution < -0.4 is 0 Å². The van der Waals surface area contributed by atoms with Crippen LogP contribution in [-0.2, 0) is 20.7 Å². The smallest absolute Gasteiger partial charge is 0.310 e. The lowest BCUT2D eigenvalue weighted by molar-refractivity contribution is -0.149. The number of esters is 1. The van der Waals surface area contributed by atoms with Crippen LogP contribution in [0.1, 0.15) is 46.1 Å². The summed E-state index contributed by atoms with van der Waals surface area (Å²) in [4.78, 5) is 23.4. The summed E-state index contributed by atoms with van der Waals surface area (Å²) in [6.45, 7) is 7.87. The number of carbonyl (C=O) groups excluding carboxylic acids is 2. The molecule has 0 fully saturated rings. The van der Waals surface area contributed by atoms with Crippen molar-refractivity contribution in [3.63, 3.8) is 0 Å². The number of hydrogen-bond donors (Lipinski definition) is 0. The van der Waals surface area contributed by atoms with Gasteiger partial charge in [0.25, 0.3) is 0 Å². The largest absolute Gasteiger partial charge is 0.462 e. The van der Waals surface area contributed by atoms with E-state index < -0.39 is 0 Å². The van der Waals surface area contributed by atoms with Gasteiger partial charge in [-0.25, -0.2) is 0 Å². The van der Waals surface area contributed by atoms with Crippen LogP contribution in [0.5, 0.6) is 0 Å². The van der Waals surface area contributed by atoms with Gasteiger partial charge in [-0.05, 0) is 42.9 Å². The second kappa shape index (κ2) is 7.61. The van der Waals surface area contributed by atoms with Crippen molar-refractivity contribution in [2.24, 2.45) is 5.41 Å². The maximum Gasteiger partial charge on any atom is 0.310 e. The average molecular weight is 326 g/mol. The fourth-order valence-electron chi connectivity index (χ4n) is 3.42. The Hall–Kier alpha value is -2.16. The molecule has 0 saturated carbocycles. The third-order valence-electron chi connectivity index (χ3n) is 4.43. The molecule has 1 aromatic carbocycles. The summed E-state index contributed by atoms with van der Waals surface area (Å²) < 4.78 is 5.71. The van der Waals surface area contributed by atoms with E-state index in [-0.39, 0.29) is 23.3 Å². The van der Waals surface area contributed by atoms with E-state index in [1.54, 1.807) is 13.0 Å². The van der Waals surface area contributed by atoms with Gasteiger partial charge in [0.05, 0.1) is 6.42 Å². The van der Waals surface area contributed by atoms with Crippen molar-refractivity contribution in [2.45, 2.75) is 53.1 Å². The van der Waals surface area contributed by atoms with E-state index >= 15 is 0 Å². The molecule has 3 heteroatoms. The summed E-state index contributed by atoms with van der Waals surface area (Å²) in [5.41, 5.74) is 3.20. The van der Waals surface area contributed by atoms with Crippen molar-refractivity contribution in [1.82, 2.24) is 0 Å². The predicted octanol–water partition coefficient (Wildman–Crippen LogP) is 4.42. The summed E-state index contributed by atoms with van der Waals surface area (Å²) in [7, 11) is 0. The van der Waals surface area contributed by atoms with E-state index in [1.165, 1.54) is 11.1 Å². The van der Waals surface area contributed by atoms with Crippen LogP contribution >= 0.6 is 0 Å². The molecule has 1 aliphatic rings. The van der Waals surface area contributed by atoms with E-state index in [0.29, 0.717) is 6.42 Å². The maximum absolute atomic E-state index is 12.2. The Bertz CT molecular complexity index is 666. The monoisotopic (exact) mass is 326 g/mol. The molecule has 3 nitrogen and oxygen atoms in total. The van der Waals surface area contributed by atoms with Gasteiger partial charge in [-0.1, -0.05) is 55.8 Å². The quantitative estimate of drug-likeness (QED) is 0.594. The van der Waals surface area contributed by atoms with Crippen molar-refractivity contribution in [3.05, 3.63) is 59.2 Å².